The van der Waals surface area contributed by atoms with Gasteiger partial charge in [-0.1, -0.05) is 12.1 Å². The molecule has 1 aliphatic rings. The molecule has 0 spiro atoms. The van der Waals surface area contributed by atoms with E-state index in [1.54, 1.807) is 24.3 Å². The molecular weight excluding hydrogens is 384 g/mol. The summed E-state index contributed by atoms with van der Waals surface area (Å²) in [7, 11) is 3.03. The number of para-hydroxylation sites is 1. The van der Waals surface area contributed by atoms with E-state index in [1.165, 1.54) is 14.2 Å². The monoisotopic (exact) mass is 408 g/mol. The molecule has 4 rings (SSSR count). The van der Waals surface area contributed by atoms with E-state index in [0.717, 1.165) is 25.9 Å². The van der Waals surface area contributed by atoms with Gasteiger partial charge in [-0.05, 0) is 56.3 Å². The molecule has 2 heterocycles. The smallest absolute Gasteiger partial charge is 0.238 e. The third kappa shape index (κ3) is 3.89. The van der Waals surface area contributed by atoms with Crippen molar-refractivity contribution in [1.29, 1.82) is 0 Å². The number of methoxy groups -OCH3 is 2. The number of fused-ring (bicyclic) bond motifs is 1. The summed E-state index contributed by atoms with van der Waals surface area (Å²) in [6.07, 6.45) is 2.20. The Bertz CT molecular complexity index is 1080. The Labute approximate surface area is 174 Å². The van der Waals surface area contributed by atoms with Gasteiger partial charge in [0.15, 0.2) is 5.76 Å². The molecule has 1 amide bonds. The summed E-state index contributed by atoms with van der Waals surface area (Å²) in [6.45, 7) is 2.11. The molecule has 0 aliphatic carbocycles. The summed E-state index contributed by atoms with van der Waals surface area (Å²) in [5, 5.41) is 3.59. The molecule has 3 aromatic rings. The van der Waals surface area contributed by atoms with Crippen LogP contribution in [0.5, 0.6) is 11.5 Å². The summed E-state index contributed by atoms with van der Waals surface area (Å²) in [6, 6.07) is 12.2. The van der Waals surface area contributed by atoms with Crippen molar-refractivity contribution in [2.45, 2.75) is 12.8 Å². The van der Waals surface area contributed by atoms with Gasteiger partial charge in [0.25, 0.3) is 0 Å². The highest BCUT2D eigenvalue weighted by Gasteiger charge is 2.26. The van der Waals surface area contributed by atoms with Crippen LogP contribution in [0.2, 0.25) is 0 Å². The third-order valence-electron chi connectivity index (χ3n) is 5.28. The van der Waals surface area contributed by atoms with Crippen molar-refractivity contribution in [3.05, 3.63) is 53.8 Å². The lowest BCUT2D eigenvalue weighted by molar-refractivity contribution is -0.117. The first-order valence-electron chi connectivity index (χ1n) is 9.91. The Balaban J connectivity index is 1.72. The second-order valence-corrected chi connectivity index (χ2v) is 7.23. The molecule has 0 radical (unpaired) electrons. The normalized spacial score (nSPS) is 14.1. The molecule has 1 aliphatic heterocycles. The highest BCUT2D eigenvalue weighted by atomic mass is 16.5. The first kappa shape index (κ1) is 20.0. The average molecular weight is 408 g/mol. The molecule has 7 heteroatoms. The highest BCUT2D eigenvalue weighted by molar-refractivity contribution is 6.18. The molecule has 1 N–H and O–H groups in total. The van der Waals surface area contributed by atoms with E-state index >= 15 is 0 Å². The van der Waals surface area contributed by atoms with Gasteiger partial charge in [0.2, 0.25) is 11.7 Å². The largest absolute Gasteiger partial charge is 0.497 e. The third-order valence-corrected chi connectivity index (χ3v) is 5.28. The number of amides is 1. The van der Waals surface area contributed by atoms with Crippen LogP contribution in [0.3, 0.4) is 0 Å². The Kier molecular flexibility index (Phi) is 5.72. The first-order chi connectivity index (χ1) is 14.6. The number of hydrogen-bond donors (Lipinski definition) is 1. The highest BCUT2D eigenvalue weighted by Crippen LogP contribution is 2.35. The molecule has 1 aromatic heterocycles. The van der Waals surface area contributed by atoms with Crippen LogP contribution in [0.25, 0.3) is 11.0 Å². The van der Waals surface area contributed by atoms with Crippen LogP contribution in [0, 0.1) is 0 Å². The Hall–Kier alpha value is -3.32. The van der Waals surface area contributed by atoms with Gasteiger partial charge in [0, 0.05) is 5.39 Å². The minimum atomic E-state index is -0.390. The van der Waals surface area contributed by atoms with E-state index in [1.807, 2.05) is 18.2 Å². The van der Waals surface area contributed by atoms with Crippen LogP contribution in [-0.2, 0) is 4.79 Å². The number of anilines is 1. The Morgan fingerprint density at radius 3 is 2.57 bits per heavy atom. The quantitative estimate of drug-likeness (QED) is 0.600. The number of nitrogens with one attached hydrogen (secondary N) is 1. The predicted octanol–water partition coefficient (Wildman–Crippen LogP) is 3.72. The fraction of sp³-hybridized carbons (Fsp3) is 0.304. The van der Waals surface area contributed by atoms with Gasteiger partial charge in [-0.15, -0.1) is 0 Å². The van der Waals surface area contributed by atoms with Crippen LogP contribution in [0.1, 0.15) is 29.0 Å². The fourth-order valence-corrected chi connectivity index (χ4v) is 3.77. The number of ether oxygens (including phenoxy) is 2. The van der Waals surface area contributed by atoms with Crippen molar-refractivity contribution in [2.75, 3.05) is 39.2 Å². The molecule has 0 unspecified atom stereocenters. The maximum atomic E-state index is 13.4. The number of ketones is 1. The molecule has 1 fully saturated rings. The Morgan fingerprint density at radius 2 is 1.83 bits per heavy atom. The van der Waals surface area contributed by atoms with Crippen molar-refractivity contribution in [3.63, 3.8) is 0 Å². The molecular formula is C23H24N2O5. The minimum Gasteiger partial charge on any atom is -0.497 e. The maximum absolute atomic E-state index is 13.4. The van der Waals surface area contributed by atoms with Crippen molar-refractivity contribution in [2.24, 2.45) is 0 Å². The van der Waals surface area contributed by atoms with Crippen molar-refractivity contribution in [3.8, 4) is 11.5 Å². The molecule has 0 saturated carbocycles. The van der Waals surface area contributed by atoms with Crippen LogP contribution in [-0.4, -0.2) is 50.4 Å². The van der Waals surface area contributed by atoms with Gasteiger partial charge >= 0.3 is 0 Å². The summed E-state index contributed by atoms with van der Waals surface area (Å²) >= 11 is 0. The van der Waals surface area contributed by atoms with Crippen molar-refractivity contribution >= 4 is 28.3 Å². The number of carbonyl (C=O) groups is 2. The zero-order valence-corrected chi connectivity index (χ0v) is 17.1. The SMILES string of the molecule is COc1ccc(OC)c(C(=O)c2oc3ccccc3c2NC(=O)CN2CCCC2)c1. The van der Waals surface area contributed by atoms with Gasteiger partial charge in [0.05, 0.1) is 32.0 Å². The summed E-state index contributed by atoms with van der Waals surface area (Å²) in [5.41, 5.74) is 1.20. The molecule has 0 bridgehead atoms. The molecule has 2 aromatic carbocycles. The van der Waals surface area contributed by atoms with E-state index in [4.69, 9.17) is 13.9 Å². The molecule has 1 saturated heterocycles. The number of furan rings is 1. The van der Waals surface area contributed by atoms with Gasteiger partial charge in [0.1, 0.15) is 17.1 Å². The number of likely N-dealkylation sites (tertiary alicyclic amines) is 1. The second-order valence-electron chi connectivity index (χ2n) is 7.23. The second kappa shape index (κ2) is 8.59. The van der Waals surface area contributed by atoms with Crippen LogP contribution in [0.15, 0.2) is 46.9 Å². The van der Waals surface area contributed by atoms with Gasteiger partial charge < -0.3 is 19.2 Å². The van der Waals surface area contributed by atoms with E-state index in [-0.39, 0.29) is 18.2 Å². The number of carbonyl (C=O) groups excluding carboxylic acids is 2. The van der Waals surface area contributed by atoms with E-state index in [2.05, 4.69) is 10.2 Å². The van der Waals surface area contributed by atoms with Gasteiger partial charge in [-0.3, -0.25) is 14.5 Å². The van der Waals surface area contributed by atoms with Crippen molar-refractivity contribution < 1.29 is 23.5 Å². The summed E-state index contributed by atoms with van der Waals surface area (Å²) < 4.78 is 16.5. The molecule has 30 heavy (non-hydrogen) atoms. The molecule has 0 atom stereocenters. The minimum absolute atomic E-state index is 0.0672. The number of benzene rings is 2. The van der Waals surface area contributed by atoms with Crippen LogP contribution >= 0.6 is 0 Å². The Morgan fingerprint density at radius 1 is 1.07 bits per heavy atom. The summed E-state index contributed by atoms with van der Waals surface area (Å²) in [4.78, 5) is 28.2. The fourth-order valence-electron chi connectivity index (χ4n) is 3.77. The lowest BCUT2D eigenvalue weighted by Crippen LogP contribution is -2.31. The predicted molar refractivity (Wildman–Crippen MR) is 113 cm³/mol. The molecule has 7 nitrogen and oxygen atoms in total. The number of rotatable bonds is 7. The zero-order chi connectivity index (χ0) is 21.1. The lowest BCUT2D eigenvalue weighted by atomic mass is 10.1. The van der Waals surface area contributed by atoms with E-state index < -0.39 is 5.78 Å². The standard InChI is InChI=1S/C23H24N2O5/c1-28-15-9-10-18(29-2)17(13-15)22(27)23-21(16-7-3-4-8-19(16)30-23)24-20(26)14-25-11-5-6-12-25/h3-4,7-10,13H,5-6,11-12,14H2,1-2H3,(H,24,26). The van der Waals surface area contributed by atoms with E-state index in [9.17, 15) is 9.59 Å². The molecule has 156 valence electrons. The zero-order valence-electron chi connectivity index (χ0n) is 17.1. The average Bonchev–Trinajstić information content (AvgIpc) is 3.41. The van der Waals surface area contributed by atoms with Crippen LogP contribution < -0.4 is 14.8 Å². The van der Waals surface area contributed by atoms with Gasteiger partial charge in [-0.25, -0.2) is 0 Å². The van der Waals surface area contributed by atoms with Gasteiger partial charge in [-0.2, -0.15) is 0 Å². The summed E-state index contributed by atoms with van der Waals surface area (Å²) in [5.74, 6) is 0.427. The van der Waals surface area contributed by atoms with E-state index in [0.29, 0.717) is 33.7 Å². The lowest BCUT2D eigenvalue weighted by Gasteiger charge is -2.14. The van der Waals surface area contributed by atoms with Crippen molar-refractivity contribution in [1.82, 2.24) is 4.90 Å². The number of nitrogens with zero attached hydrogens (tertiary/aromatic N) is 1. The maximum Gasteiger partial charge on any atom is 0.238 e. The topological polar surface area (TPSA) is 81.0 Å². The first-order valence-corrected chi connectivity index (χ1v) is 9.91. The van der Waals surface area contributed by atoms with Crippen LogP contribution in [0.4, 0.5) is 5.69 Å². The number of hydrogen-bond acceptors (Lipinski definition) is 6.